The molecule has 0 fully saturated rings. The van der Waals surface area contributed by atoms with E-state index in [1.807, 2.05) is 5.32 Å². The minimum Gasteiger partial charge on any atom is -0.350 e. The first-order chi connectivity index (χ1) is 12.3. The lowest BCUT2D eigenvalue weighted by molar-refractivity contribution is 0.0954. The minimum absolute atomic E-state index is 0.00416. The van der Waals surface area contributed by atoms with Gasteiger partial charge in [-0.2, -0.15) is 0 Å². The van der Waals surface area contributed by atoms with Crippen LogP contribution in [-0.2, 0) is 0 Å². The van der Waals surface area contributed by atoms with Crippen LogP contribution in [0.15, 0.2) is 30.3 Å². The molecule has 0 radical (unpaired) electrons. The molecule has 2 aromatic carbocycles. The Labute approximate surface area is 156 Å². The van der Waals surface area contributed by atoms with E-state index < -0.39 is 35.1 Å². The van der Waals surface area contributed by atoms with E-state index in [0.29, 0.717) is 11.1 Å². The van der Waals surface area contributed by atoms with Crippen molar-refractivity contribution in [3.8, 4) is 0 Å². The number of urea groups is 1. The topological polar surface area (TPSA) is 70.2 Å². The number of carbonyl (C=O) groups excluding carboxylic acids is 2. The zero-order chi connectivity index (χ0) is 19.3. The third-order valence-electron chi connectivity index (χ3n) is 3.16. The second kappa shape index (κ2) is 8.77. The summed E-state index contributed by atoms with van der Waals surface area (Å²) < 4.78 is 39.3. The van der Waals surface area contributed by atoms with Crippen molar-refractivity contribution >= 4 is 40.8 Å². The molecule has 0 saturated carbocycles. The number of anilines is 1. The number of hydrogen-bond acceptors (Lipinski definition) is 2. The summed E-state index contributed by atoms with van der Waals surface area (Å²) in [6, 6.07) is 5.07. The number of nitrogens with one attached hydrogen (secondary N) is 3. The van der Waals surface area contributed by atoms with E-state index in [-0.39, 0.29) is 23.7 Å². The quantitative estimate of drug-likeness (QED) is 0.520. The van der Waals surface area contributed by atoms with Gasteiger partial charge in [-0.1, -0.05) is 23.2 Å². The second-order valence-electron chi connectivity index (χ2n) is 4.99. The Morgan fingerprint density at radius 2 is 1.58 bits per heavy atom. The van der Waals surface area contributed by atoms with Gasteiger partial charge < -0.3 is 16.0 Å². The Balaban J connectivity index is 1.79. The predicted molar refractivity (Wildman–Crippen MR) is 92.1 cm³/mol. The van der Waals surface area contributed by atoms with Crippen molar-refractivity contribution in [3.63, 3.8) is 0 Å². The number of carbonyl (C=O) groups is 2. The Morgan fingerprint density at radius 1 is 0.885 bits per heavy atom. The zero-order valence-electron chi connectivity index (χ0n) is 13.0. The molecular formula is C16H12Cl2F3N3O2. The molecule has 0 atom stereocenters. The molecule has 3 amide bonds. The average molecular weight is 406 g/mol. The fraction of sp³-hybridized carbons (Fsp3) is 0.125. The summed E-state index contributed by atoms with van der Waals surface area (Å²) in [5.74, 6) is -4.99. The van der Waals surface area contributed by atoms with Crippen molar-refractivity contribution in [1.29, 1.82) is 0 Å². The maximum Gasteiger partial charge on any atom is 0.319 e. The third-order valence-corrected chi connectivity index (χ3v) is 3.90. The summed E-state index contributed by atoms with van der Waals surface area (Å²) in [4.78, 5) is 23.5. The van der Waals surface area contributed by atoms with Gasteiger partial charge in [0.15, 0.2) is 17.5 Å². The molecule has 0 spiro atoms. The van der Waals surface area contributed by atoms with Crippen LogP contribution in [-0.4, -0.2) is 25.0 Å². The third kappa shape index (κ3) is 5.03. The maximum absolute atomic E-state index is 13.4. The minimum atomic E-state index is -1.68. The molecule has 10 heteroatoms. The Morgan fingerprint density at radius 3 is 2.27 bits per heavy atom. The average Bonchev–Trinajstić information content (AvgIpc) is 2.61. The smallest absolute Gasteiger partial charge is 0.319 e. The van der Waals surface area contributed by atoms with Gasteiger partial charge >= 0.3 is 6.03 Å². The predicted octanol–water partition coefficient (Wildman–Crippen LogP) is 3.96. The second-order valence-corrected chi connectivity index (χ2v) is 5.80. The zero-order valence-corrected chi connectivity index (χ0v) is 14.5. The molecule has 138 valence electrons. The molecule has 0 saturated heterocycles. The summed E-state index contributed by atoms with van der Waals surface area (Å²) in [6.07, 6.45) is 0. The van der Waals surface area contributed by atoms with E-state index in [1.165, 1.54) is 18.2 Å². The summed E-state index contributed by atoms with van der Waals surface area (Å²) >= 11 is 11.6. The molecule has 0 aliphatic carbocycles. The molecular weight excluding hydrogens is 394 g/mol. The number of rotatable bonds is 5. The molecule has 3 N–H and O–H groups in total. The highest BCUT2D eigenvalue weighted by Crippen LogP contribution is 2.22. The highest BCUT2D eigenvalue weighted by Gasteiger charge is 2.15. The van der Waals surface area contributed by atoms with E-state index in [4.69, 9.17) is 23.2 Å². The van der Waals surface area contributed by atoms with Crippen LogP contribution in [0.25, 0.3) is 0 Å². The van der Waals surface area contributed by atoms with Gasteiger partial charge in [0.1, 0.15) is 0 Å². The molecule has 0 bridgehead atoms. The number of hydrogen-bond donors (Lipinski definition) is 3. The normalized spacial score (nSPS) is 10.3. The lowest BCUT2D eigenvalue weighted by Gasteiger charge is -2.10. The van der Waals surface area contributed by atoms with Crippen LogP contribution in [0.3, 0.4) is 0 Å². The van der Waals surface area contributed by atoms with Gasteiger partial charge in [-0.15, -0.1) is 0 Å². The highest BCUT2D eigenvalue weighted by atomic mass is 35.5. The molecule has 2 rings (SSSR count). The van der Waals surface area contributed by atoms with Gasteiger partial charge in [0.25, 0.3) is 5.91 Å². The van der Waals surface area contributed by atoms with Crippen molar-refractivity contribution in [2.75, 3.05) is 18.4 Å². The first-order valence-corrected chi connectivity index (χ1v) is 7.96. The van der Waals surface area contributed by atoms with E-state index in [1.54, 1.807) is 0 Å². The summed E-state index contributed by atoms with van der Waals surface area (Å²) in [6.45, 7) is 0.0664. The molecule has 0 aliphatic heterocycles. The first-order valence-electron chi connectivity index (χ1n) is 7.21. The molecule has 0 aliphatic rings. The van der Waals surface area contributed by atoms with Gasteiger partial charge in [-0.3, -0.25) is 4.79 Å². The lowest BCUT2D eigenvalue weighted by Crippen LogP contribution is -2.37. The van der Waals surface area contributed by atoms with Crippen LogP contribution in [0.1, 0.15) is 10.4 Å². The maximum atomic E-state index is 13.4. The van der Waals surface area contributed by atoms with Gasteiger partial charge in [-0.25, -0.2) is 18.0 Å². The Bertz CT molecular complexity index is 850. The standard InChI is InChI=1S/C16H12Cl2F3N3O2/c17-9-2-1-8(7-10(9)18)15(25)22-5-6-23-16(26)24-12-4-3-11(19)13(20)14(12)21/h1-4,7H,5-6H2,(H,22,25)(H2,23,24,26). The lowest BCUT2D eigenvalue weighted by atomic mass is 10.2. The van der Waals surface area contributed by atoms with Crippen molar-refractivity contribution in [3.05, 3.63) is 63.4 Å². The van der Waals surface area contributed by atoms with E-state index >= 15 is 0 Å². The Hall–Kier alpha value is -2.45. The number of halogens is 5. The van der Waals surface area contributed by atoms with Crippen LogP contribution >= 0.6 is 23.2 Å². The number of benzene rings is 2. The van der Waals surface area contributed by atoms with Crippen LogP contribution in [0, 0.1) is 17.5 Å². The van der Waals surface area contributed by atoms with Crippen molar-refractivity contribution in [2.45, 2.75) is 0 Å². The molecule has 0 aromatic heterocycles. The monoisotopic (exact) mass is 405 g/mol. The van der Waals surface area contributed by atoms with Crippen LogP contribution in [0.4, 0.5) is 23.7 Å². The summed E-state index contributed by atoms with van der Waals surface area (Å²) in [5.41, 5.74) is -0.228. The van der Waals surface area contributed by atoms with Crippen molar-refractivity contribution < 1.29 is 22.8 Å². The van der Waals surface area contributed by atoms with E-state index in [0.717, 1.165) is 6.07 Å². The molecule has 26 heavy (non-hydrogen) atoms. The molecule has 0 heterocycles. The highest BCUT2D eigenvalue weighted by molar-refractivity contribution is 6.42. The fourth-order valence-electron chi connectivity index (χ4n) is 1.88. The molecule has 2 aromatic rings. The summed E-state index contributed by atoms with van der Waals surface area (Å²) in [5, 5.41) is 7.42. The molecule has 0 unspecified atom stereocenters. The summed E-state index contributed by atoms with van der Waals surface area (Å²) in [7, 11) is 0. The fourth-order valence-corrected chi connectivity index (χ4v) is 2.18. The van der Waals surface area contributed by atoms with Gasteiger partial charge in [0.05, 0.1) is 15.7 Å². The van der Waals surface area contributed by atoms with Gasteiger partial charge in [-0.05, 0) is 30.3 Å². The van der Waals surface area contributed by atoms with Crippen molar-refractivity contribution in [1.82, 2.24) is 10.6 Å². The van der Waals surface area contributed by atoms with Gasteiger partial charge in [0, 0.05) is 18.7 Å². The van der Waals surface area contributed by atoms with E-state index in [2.05, 4.69) is 10.6 Å². The Kier molecular flexibility index (Phi) is 6.70. The molecule has 5 nitrogen and oxygen atoms in total. The SMILES string of the molecule is O=C(NCCNC(=O)c1ccc(Cl)c(Cl)c1)Nc1ccc(F)c(F)c1F. The van der Waals surface area contributed by atoms with E-state index in [9.17, 15) is 22.8 Å². The van der Waals surface area contributed by atoms with Crippen LogP contribution in [0.2, 0.25) is 10.0 Å². The van der Waals surface area contributed by atoms with Crippen molar-refractivity contribution in [2.24, 2.45) is 0 Å². The largest absolute Gasteiger partial charge is 0.350 e. The first kappa shape index (κ1) is 19.9. The number of amides is 3. The van der Waals surface area contributed by atoms with Gasteiger partial charge in [0.2, 0.25) is 0 Å². The van der Waals surface area contributed by atoms with Crippen LogP contribution in [0.5, 0.6) is 0 Å². The van der Waals surface area contributed by atoms with Crippen LogP contribution < -0.4 is 16.0 Å².